The van der Waals surface area contributed by atoms with Gasteiger partial charge in [-0.15, -0.1) is 0 Å². The van der Waals surface area contributed by atoms with Crippen LogP contribution in [0.2, 0.25) is 5.02 Å². The van der Waals surface area contributed by atoms with E-state index in [1.807, 2.05) is 0 Å². The molecule has 0 bridgehead atoms. The lowest BCUT2D eigenvalue weighted by molar-refractivity contribution is -0.153. The summed E-state index contributed by atoms with van der Waals surface area (Å²) in [4.78, 5) is 47.9. The maximum Gasteiger partial charge on any atom is 0.417 e. The smallest absolute Gasteiger partial charge is 0.417 e. The molecule has 0 aliphatic rings. The number of alkyl halides is 3. The fourth-order valence-electron chi connectivity index (χ4n) is 2.76. The Balaban J connectivity index is 1.72. The minimum atomic E-state index is -4.70. The van der Waals surface area contributed by atoms with Crippen molar-refractivity contribution in [2.75, 3.05) is 11.9 Å². The number of carbonyl (C=O) groups excluding carboxylic acids is 4. The number of Topliss-reactive ketones (excluding diaryl/α,β-unsaturated/α-hetero) is 1. The molecule has 0 saturated carbocycles. The summed E-state index contributed by atoms with van der Waals surface area (Å²) in [6, 6.07) is 11.4. The van der Waals surface area contributed by atoms with Gasteiger partial charge in [0.05, 0.1) is 17.0 Å². The summed E-state index contributed by atoms with van der Waals surface area (Å²) in [5.74, 6) is -2.24. The topological polar surface area (TPSA) is 102 Å². The first-order chi connectivity index (χ1) is 16.0. The van der Waals surface area contributed by atoms with Gasteiger partial charge in [0, 0.05) is 30.6 Å². The molecule has 11 heteroatoms. The standard InChI is InChI=1S/C23H22ClF3N2O5/c1-14(22(33)29-16-7-8-18(24)17(13-16)23(25,26)27)34-21(32)11-12-28-20(31)10-9-19(30)15-5-3-2-4-6-15/h2-8,13-14H,9-12H2,1H3,(H,28,31)(H,29,33)/t14-/m0/s1. The Kier molecular flexibility index (Phi) is 9.61. The van der Waals surface area contributed by atoms with E-state index in [-0.39, 0.29) is 37.3 Å². The second-order valence-corrected chi connectivity index (χ2v) is 7.61. The molecule has 1 atom stereocenters. The molecule has 2 rings (SSSR count). The number of ketones is 1. The molecule has 2 aromatic rings. The number of halogens is 4. The number of nitrogens with one attached hydrogen (secondary N) is 2. The third-order valence-electron chi connectivity index (χ3n) is 4.54. The van der Waals surface area contributed by atoms with E-state index in [1.54, 1.807) is 30.3 Å². The van der Waals surface area contributed by atoms with E-state index in [4.69, 9.17) is 16.3 Å². The minimum absolute atomic E-state index is 0.0122. The van der Waals surface area contributed by atoms with Crippen molar-refractivity contribution in [2.24, 2.45) is 0 Å². The van der Waals surface area contributed by atoms with Crippen LogP contribution in [0.1, 0.15) is 42.1 Å². The van der Waals surface area contributed by atoms with Crippen molar-refractivity contribution < 1.29 is 37.1 Å². The highest BCUT2D eigenvalue weighted by atomic mass is 35.5. The van der Waals surface area contributed by atoms with Gasteiger partial charge in [0.15, 0.2) is 11.9 Å². The zero-order valence-corrected chi connectivity index (χ0v) is 18.8. The molecule has 34 heavy (non-hydrogen) atoms. The lowest BCUT2D eigenvalue weighted by Gasteiger charge is -2.15. The summed E-state index contributed by atoms with van der Waals surface area (Å²) in [6.45, 7) is 1.18. The van der Waals surface area contributed by atoms with Gasteiger partial charge < -0.3 is 15.4 Å². The van der Waals surface area contributed by atoms with Gasteiger partial charge >= 0.3 is 12.1 Å². The third-order valence-corrected chi connectivity index (χ3v) is 4.87. The van der Waals surface area contributed by atoms with Crippen LogP contribution in [-0.4, -0.2) is 36.2 Å². The van der Waals surface area contributed by atoms with Crippen LogP contribution in [0.15, 0.2) is 48.5 Å². The molecule has 0 heterocycles. The number of hydrogen-bond acceptors (Lipinski definition) is 5. The Morgan fingerprint density at radius 1 is 1.00 bits per heavy atom. The Labute approximate surface area is 198 Å². The van der Waals surface area contributed by atoms with Crippen molar-refractivity contribution in [1.82, 2.24) is 5.32 Å². The second kappa shape index (κ2) is 12.2. The maximum absolute atomic E-state index is 12.9. The zero-order valence-electron chi connectivity index (χ0n) is 18.1. The van der Waals surface area contributed by atoms with Crippen LogP contribution < -0.4 is 10.6 Å². The van der Waals surface area contributed by atoms with Gasteiger partial charge in [-0.1, -0.05) is 41.9 Å². The van der Waals surface area contributed by atoms with E-state index in [0.29, 0.717) is 11.6 Å². The van der Waals surface area contributed by atoms with Crippen LogP contribution in [0.3, 0.4) is 0 Å². The first kappa shape index (κ1) is 26.8. The van der Waals surface area contributed by atoms with Crippen molar-refractivity contribution in [3.8, 4) is 0 Å². The van der Waals surface area contributed by atoms with E-state index >= 15 is 0 Å². The Hall–Kier alpha value is -3.40. The van der Waals surface area contributed by atoms with Gasteiger partial charge in [-0.2, -0.15) is 13.2 Å². The number of anilines is 1. The molecule has 2 amide bonds. The molecule has 182 valence electrons. The van der Waals surface area contributed by atoms with Crippen LogP contribution in [0, 0.1) is 0 Å². The summed E-state index contributed by atoms with van der Waals surface area (Å²) >= 11 is 5.53. The van der Waals surface area contributed by atoms with Crippen molar-refractivity contribution >= 4 is 40.9 Å². The summed E-state index contributed by atoms with van der Waals surface area (Å²) in [6.07, 6.45) is -6.28. The van der Waals surface area contributed by atoms with Crippen LogP contribution >= 0.6 is 11.6 Å². The van der Waals surface area contributed by atoms with E-state index < -0.39 is 40.7 Å². The summed E-state index contributed by atoms with van der Waals surface area (Å²) < 4.78 is 43.7. The van der Waals surface area contributed by atoms with Crippen molar-refractivity contribution in [1.29, 1.82) is 0 Å². The number of hydrogen-bond donors (Lipinski definition) is 2. The Morgan fingerprint density at radius 2 is 1.68 bits per heavy atom. The lowest BCUT2D eigenvalue weighted by Crippen LogP contribution is -2.32. The van der Waals surface area contributed by atoms with Crippen molar-refractivity contribution in [3.63, 3.8) is 0 Å². The van der Waals surface area contributed by atoms with E-state index in [2.05, 4.69) is 10.6 Å². The highest BCUT2D eigenvalue weighted by molar-refractivity contribution is 6.31. The van der Waals surface area contributed by atoms with E-state index in [1.165, 1.54) is 13.0 Å². The van der Waals surface area contributed by atoms with E-state index in [0.717, 1.165) is 6.07 Å². The first-order valence-corrected chi connectivity index (χ1v) is 10.6. The summed E-state index contributed by atoms with van der Waals surface area (Å²) in [7, 11) is 0. The first-order valence-electron chi connectivity index (χ1n) is 10.2. The van der Waals surface area contributed by atoms with Crippen molar-refractivity contribution in [3.05, 3.63) is 64.7 Å². The molecular weight excluding hydrogens is 477 g/mol. The number of benzene rings is 2. The van der Waals surface area contributed by atoms with Crippen LogP contribution in [0.4, 0.5) is 18.9 Å². The molecule has 0 radical (unpaired) electrons. The minimum Gasteiger partial charge on any atom is -0.452 e. The highest BCUT2D eigenvalue weighted by Gasteiger charge is 2.33. The molecule has 0 saturated heterocycles. The molecule has 2 aromatic carbocycles. The van der Waals surface area contributed by atoms with Crippen LogP contribution in [-0.2, 0) is 25.3 Å². The maximum atomic E-state index is 12.9. The number of carbonyl (C=O) groups is 4. The van der Waals surface area contributed by atoms with Gasteiger partial charge in [-0.05, 0) is 25.1 Å². The zero-order chi connectivity index (χ0) is 25.3. The largest absolute Gasteiger partial charge is 0.452 e. The lowest BCUT2D eigenvalue weighted by atomic mass is 10.1. The molecule has 7 nitrogen and oxygen atoms in total. The molecule has 0 aliphatic carbocycles. The Morgan fingerprint density at radius 3 is 2.32 bits per heavy atom. The molecule has 0 aromatic heterocycles. The fraction of sp³-hybridized carbons (Fsp3) is 0.304. The fourth-order valence-corrected chi connectivity index (χ4v) is 2.99. The summed E-state index contributed by atoms with van der Waals surface area (Å²) in [5.41, 5.74) is -0.779. The van der Waals surface area contributed by atoms with E-state index in [9.17, 15) is 32.3 Å². The van der Waals surface area contributed by atoms with Gasteiger partial charge in [-0.25, -0.2) is 0 Å². The SMILES string of the molecule is C[C@H](OC(=O)CCNC(=O)CCC(=O)c1ccccc1)C(=O)Nc1ccc(Cl)c(C(F)(F)F)c1. The normalized spacial score (nSPS) is 11.9. The van der Waals surface area contributed by atoms with Gasteiger partial charge in [0.2, 0.25) is 5.91 Å². The van der Waals surface area contributed by atoms with Gasteiger partial charge in [0.25, 0.3) is 5.91 Å². The van der Waals surface area contributed by atoms with Crippen LogP contribution in [0.25, 0.3) is 0 Å². The van der Waals surface area contributed by atoms with Gasteiger partial charge in [-0.3, -0.25) is 19.2 Å². The number of ether oxygens (including phenoxy) is 1. The number of amides is 2. The number of esters is 1. The second-order valence-electron chi connectivity index (χ2n) is 7.20. The predicted molar refractivity (Wildman–Crippen MR) is 118 cm³/mol. The molecule has 2 N–H and O–H groups in total. The van der Waals surface area contributed by atoms with Crippen molar-refractivity contribution in [2.45, 2.75) is 38.5 Å². The monoisotopic (exact) mass is 498 g/mol. The quantitative estimate of drug-likeness (QED) is 0.373. The molecule has 0 aliphatic heterocycles. The Bertz CT molecular complexity index is 1040. The third kappa shape index (κ3) is 8.51. The highest BCUT2D eigenvalue weighted by Crippen LogP contribution is 2.36. The molecule has 0 unspecified atom stereocenters. The van der Waals surface area contributed by atoms with Crippen LogP contribution in [0.5, 0.6) is 0 Å². The molecular formula is C23H22ClF3N2O5. The predicted octanol–water partition coefficient (Wildman–Crippen LogP) is 4.40. The summed E-state index contributed by atoms with van der Waals surface area (Å²) in [5, 5.41) is 4.18. The molecule has 0 spiro atoms. The van der Waals surface area contributed by atoms with Gasteiger partial charge in [0.1, 0.15) is 0 Å². The molecule has 0 fully saturated rings. The average molecular weight is 499 g/mol. The average Bonchev–Trinajstić information content (AvgIpc) is 2.78. The number of rotatable bonds is 10.